The molecule has 1 fully saturated rings. The Kier molecular flexibility index (Phi) is 4.48. The van der Waals surface area contributed by atoms with E-state index in [0.29, 0.717) is 5.89 Å². The lowest BCUT2D eigenvalue weighted by molar-refractivity contribution is -0.131. The molecule has 2 heterocycles. The summed E-state index contributed by atoms with van der Waals surface area (Å²) in [7, 11) is 0. The molecule has 1 unspecified atom stereocenters. The van der Waals surface area contributed by atoms with Crippen LogP contribution in [0.3, 0.4) is 0 Å². The predicted molar refractivity (Wildman–Crippen MR) is 88.8 cm³/mol. The van der Waals surface area contributed by atoms with E-state index in [2.05, 4.69) is 13.8 Å². The Morgan fingerprint density at radius 3 is 2.78 bits per heavy atom. The van der Waals surface area contributed by atoms with Gasteiger partial charge < -0.3 is 15.1 Å². The van der Waals surface area contributed by atoms with Crippen LogP contribution in [0.1, 0.15) is 50.3 Å². The van der Waals surface area contributed by atoms with E-state index in [0.717, 1.165) is 36.4 Å². The molecule has 1 amide bonds. The van der Waals surface area contributed by atoms with Crippen molar-refractivity contribution in [3.05, 3.63) is 42.0 Å². The first-order valence-corrected chi connectivity index (χ1v) is 8.17. The number of carbonyl (C=O) groups excluding carboxylic acids is 1. The van der Waals surface area contributed by atoms with Gasteiger partial charge in [-0.05, 0) is 12.8 Å². The summed E-state index contributed by atoms with van der Waals surface area (Å²) in [5.41, 5.74) is 7.44. The van der Waals surface area contributed by atoms with Gasteiger partial charge in [-0.15, -0.1) is 0 Å². The number of likely N-dealkylation sites (tertiary alicyclic amines) is 1. The molecule has 0 saturated carbocycles. The Hall–Kier alpha value is -2.14. The molecule has 2 aromatic rings. The molecule has 23 heavy (non-hydrogen) atoms. The summed E-state index contributed by atoms with van der Waals surface area (Å²) in [6.45, 7) is 4.93. The van der Waals surface area contributed by atoms with E-state index < -0.39 is 0 Å². The second kappa shape index (κ2) is 6.54. The average Bonchev–Trinajstić information content (AvgIpc) is 3.21. The Bertz CT molecular complexity index is 679. The van der Waals surface area contributed by atoms with Crippen LogP contribution in [0.4, 0.5) is 0 Å². The van der Waals surface area contributed by atoms with Gasteiger partial charge in [-0.25, -0.2) is 4.98 Å². The number of rotatable bonds is 4. The van der Waals surface area contributed by atoms with Crippen LogP contribution in [-0.4, -0.2) is 28.9 Å². The number of nitrogens with two attached hydrogens (primary N) is 1. The number of benzene rings is 1. The molecule has 0 aliphatic carbocycles. The van der Waals surface area contributed by atoms with Gasteiger partial charge in [0.2, 0.25) is 11.8 Å². The lowest BCUT2D eigenvalue weighted by Crippen LogP contribution is -2.35. The molecule has 3 rings (SSSR count). The summed E-state index contributed by atoms with van der Waals surface area (Å²) < 4.78 is 6.09. The number of oxazole rings is 1. The Morgan fingerprint density at radius 1 is 1.39 bits per heavy atom. The molecular weight excluding hydrogens is 290 g/mol. The van der Waals surface area contributed by atoms with Crippen molar-refractivity contribution in [1.82, 2.24) is 9.88 Å². The third-order valence-corrected chi connectivity index (χ3v) is 4.27. The molecule has 0 bridgehead atoms. The molecule has 5 heteroatoms. The van der Waals surface area contributed by atoms with Crippen LogP contribution < -0.4 is 5.73 Å². The maximum absolute atomic E-state index is 12.0. The number of hydrogen-bond donors (Lipinski definition) is 1. The zero-order valence-corrected chi connectivity index (χ0v) is 13.7. The highest BCUT2D eigenvalue weighted by atomic mass is 16.4. The largest absolute Gasteiger partial charge is 0.442 e. The second-order valence-electron chi connectivity index (χ2n) is 6.23. The summed E-state index contributed by atoms with van der Waals surface area (Å²) >= 11 is 0. The van der Waals surface area contributed by atoms with Crippen LogP contribution >= 0.6 is 0 Å². The predicted octanol–water partition coefficient (Wildman–Crippen LogP) is 3.09. The molecule has 1 saturated heterocycles. The summed E-state index contributed by atoms with van der Waals surface area (Å²) in [5.74, 6) is 1.69. The monoisotopic (exact) mass is 313 g/mol. The highest BCUT2D eigenvalue weighted by Gasteiger charge is 2.34. The zero-order chi connectivity index (χ0) is 16.4. The van der Waals surface area contributed by atoms with E-state index in [9.17, 15) is 4.79 Å². The van der Waals surface area contributed by atoms with Crippen molar-refractivity contribution >= 4 is 5.91 Å². The molecule has 1 aliphatic heterocycles. The topological polar surface area (TPSA) is 72.4 Å². The van der Waals surface area contributed by atoms with Gasteiger partial charge in [-0.2, -0.15) is 0 Å². The molecular formula is C18H23N3O2. The molecule has 2 N–H and O–H groups in total. The number of aromatic nitrogens is 1. The first kappa shape index (κ1) is 15.7. The number of carbonyl (C=O) groups is 1. The van der Waals surface area contributed by atoms with Crippen molar-refractivity contribution in [2.75, 3.05) is 13.1 Å². The fourth-order valence-corrected chi connectivity index (χ4v) is 3.12. The first-order chi connectivity index (χ1) is 11.1. The minimum Gasteiger partial charge on any atom is -0.442 e. The fourth-order valence-electron chi connectivity index (χ4n) is 3.12. The normalized spacial score (nSPS) is 17.9. The van der Waals surface area contributed by atoms with E-state index in [-0.39, 0.29) is 24.4 Å². The molecule has 1 aromatic heterocycles. The van der Waals surface area contributed by atoms with Crippen LogP contribution in [0, 0.1) is 0 Å². The third kappa shape index (κ3) is 3.01. The van der Waals surface area contributed by atoms with Gasteiger partial charge in [0, 0.05) is 18.0 Å². The Labute approximate surface area is 136 Å². The number of nitrogens with zero attached hydrogens (tertiary/aromatic N) is 2. The standard InChI is InChI=1S/C18H23N3O2/c1-12(2)17-16(13-7-4-3-5-8-13)20-18(23-17)14-9-6-10-21(14)15(22)11-19/h3-5,7-8,12,14H,6,9-11,19H2,1-2H3. The fraction of sp³-hybridized carbons (Fsp3) is 0.444. The lowest BCUT2D eigenvalue weighted by Gasteiger charge is -2.21. The van der Waals surface area contributed by atoms with Crippen molar-refractivity contribution in [2.24, 2.45) is 5.73 Å². The second-order valence-corrected chi connectivity index (χ2v) is 6.23. The zero-order valence-electron chi connectivity index (χ0n) is 13.7. The Balaban J connectivity index is 2.00. The van der Waals surface area contributed by atoms with Crippen molar-refractivity contribution in [1.29, 1.82) is 0 Å². The smallest absolute Gasteiger partial charge is 0.236 e. The van der Waals surface area contributed by atoms with E-state index >= 15 is 0 Å². The van der Waals surface area contributed by atoms with Crippen LogP contribution in [0.15, 0.2) is 34.7 Å². The van der Waals surface area contributed by atoms with Crippen LogP contribution in [0.2, 0.25) is 0 Å². The highest BCUT2D eigenvalue weighted by Crippen LogP contribution is 2.37. The average molecular weight is 313 g/mol. The summed E-state index contributed by atoms with van der Waals surface area (Å²) in [6, 6.07) is 9.94. The third-order valence-electron chi connectivity index (χ3n) is 4.27. The molecule has 5 nitrogen and oxygen atoms in total. The Morgan fingerprint density at radius 2 is 2.13 bits per heavy atom. The molecule has 0 radical (unpaired) electrons. The molecule has 1 atom stereocenters. The maximum Gasteiger partial charge on any atom is 0.236 e. The molecule has 1 aromatic carbocycles. The summed E-state index contributed by atoms with van der Waals surface area (Å²) in [6.07, 6.45) is 1.83. The van der Waals surface area contributed by atoms with Gasteiger partial charge in [0.25, 0.3) is 0 Å². The van der Waals surface area contributed by atoms with E-state index in [4.69, 9.17) is 15.1 Å². The molecule has 1 aliphatic rings. The van der Waals surface area contributed by atoms with Gasteiger partial charge in [0.1, 0.15) is 17.5 Å². The van der Waals surface area contributed by atoms with E-state index in [1.54, 1.807) is 4.90 Å². The van der Waals surface area contributed by atoms with Gasteiger partial charge in [-0.1, -0.05) is 44.2 Å². The maximum atomic E-state index is 12.0. The number of amides is 1. The van der Waals surface area contributed by atoms with Crippen molar-refractivity contribution in [3.63, 3.8) is 0 Å². The van der Waals surface area contributed by atoms with Crippen LogP contribution in [0.5, 0.6) is 0 Å². The molecule has 0 spiro atoms. The summed E-state index contributed by atoms with van der Waals surface area (Å²) in [5, 5.41) is 0. The van der Waals surface area contributed by atoms with E-state index in [1.165, 1.54) is 0 Å². The van der Waals surface area contributed by atoms with Crippen molar-refractivity contribution in [2.45, 2.75) is 38.6 Å². The highest BCUT2D eigenvalue weighted by molar-refractivity contribution is 5.78. The van der Waals surface area contributed by atoms with Crippen molar-refractivity contribution in [3.8, 4) is 11.3 Å². The van der Waals surface area contributed by atoms with Gasteiger partial charge in [0.05, 0.1) is 6.54 Å². The first-order valence-electron chi connectivity index (χ1n) is 8.17. The lowest BCUT2D eigenvalue weighted by atomic mass is 10.0. The minimum absolute atomic E-state index is 0.0276. The van der Waals surface area contributed by atoms with E-state index in [1.807, 2.05) is 30.3 Å². The van der Waals surface area contributed by atoms with Crippen LogP contribution in [0.25, 0.3) is 11.3 Å². The summed E-state index contributed by atoms with van der Waals surface area (Å²) in [4.78, 5) is 18.6. The van der Waals surface area contributed by atoms with Crippen molar-refractivity contribution < 1.29 is 9.21 Å². The SMILES string of the molecule is CC(C)c1oc(C2CCCN2C(=O)CN)nc1-c1ccccc1. The minimum atomic E-state index is -0.0963. The number of hydrogen-bond acceptors (Lipinski definition) is 4. The molecule has 122 valence electrons. The van der Waals surface area contributed by atoms with Gasteiger partial charge >= 0.3 is 0 Å². The quantitative estimate of drug-likeness (QED) is 0.941. The van der Waals surface area contributed by atoms with Gasteiger partial charge in [-0.3, -0.25) is 4.79 Å². The van der Waals surface area contributed by atoms with Crippen LogP contribution in [-0.2, 0) is 4.79 Å². The van der Waals surface area contributed by atoms with Gasteiger partial charge in [0.15, 0.2) is 0 Å².